The smallest absolute Gasteiger partial charge is 0.205 e. The molecule has 2 aromatic carbocycles. The number of aromatic amines is 1. The Morgan fingerprint density at radius 3 is 2.39 bits per heavy atom. The summed E-state index contributed by atoms with van der Waals surface area (Å²) in [5, 5.41) is 14.5. The van der Waals surface area contributed by atoms with E-state index in [1.165, 1.54) is 0 Å². The molecule has 0 spiro atoms. The molecule has 0 saturated carbocycles. The highest BCUT2D eigenvalue weighted by Crippen LogP contribution is 2.33. The van der Waals surface area contributed by atoms with Gasteiger partial charge in [-0.1, -0.05) is 90.7 Å². The van der Waals surface area contributed by atoms with Crippen molar-refractivity contribution in [2.24, 2.45) is 0 Å². The second-order valence-corrected chi connectivity index (χ2v) is 8.24. The number of imidazole rings is 1. The molecule has 4 aromatic rings. The zero-order chi connectivity index (χ0) is 19.2. The van der Waals surface area contributed by atoms with Gasteiger partial charge in [-0.2, -0.15) is 0 Å². The number of thioether (sulfide) groups is 1. The molecule has 0 radical (unpaired) electrons. The minimum atomic E-state index is 0.738. The summed E-state index contributed by atoms with van der Waals surface area (Å²) in [6.07, 6.45) is 1.07. The van der Waals surface area contributed by atoms with Gasteiger partial charge in [-0.3, -0.25) is 0 Å². The van der Waals surface area contributed by atoms with Crippen LogP contribution in [0.3, 0.4) is 0 Å². The lowest BCUT2D eigenvalue weighted by molar-refractivity contribution is 0.957. The largest absolute Gasteiger partial charge is 0.360 e. The molecule has 4 rings (SSSR count). The molecule has 0 fully saturated rings. The van der Waals surface area contributed by atoms with E-state index in [0.29, 0.717) is 0 Å². The fraction of sp³-hybridized carbons (Fsp3) is 0.190. The predicted octanol–water partition coefficient (Wildman–Crippen LogP) is 5.71. The first kappa shape index (κ1) is 18.7. The van der Waals surface area contributed by atoms with Gasteiger partial charge in [-0.25, -0.2) is 4.98 Å². The summed E-state index contributed by atoms with van der Waals surface area (Å²) in [6, 6.07) is 20.6. The van der Waals surface area contributed by atoms with Crippen LogP contribution in [0, 0.1) is 0 Å². The number of rotatable bonds is 8. The van der Waals surface area contributed by atoms with Crippen LogP contribution in [0.5, 0.6) is 0 Å². The van der Waals surface area contributed by atoms with Gasteiger partial charge in [-0.05, 0) is 6.42 Å². The molecule has 142 valence electrons. The summed E-state index contributed by atoms with van der Waals surface area (Å²) in [4.78, 5) is 8.38. The van der Waals surface area contributed by atoms with Gasteiger partial charge in [0.2, 0.25) is 5.13 Å². The fourth-order valence-electron chi connectivity index (χ4n) is 2.78. The van der Waals surface area contributed by atoms with Gasteiger partial charge < -0.3 is 10.3 Å². The quantitative estimate of drug-likeness (QED) is 0.366. The SMILES string of the molecule is CCCNc1nnc(CSc2nc(-c3ccccc3)c(-c3ccccc3)[nH]2)s1. The number of H-pyrrole nitrogens is 1. The predicted molar refractivity (Wildman–Crippen MR) is 118 cm³/mol. The van der Waals surface area contributed by atoms with Crippen molar-refractivity contribution >= 4 is 28.2 Å². The number of benzene rings is 2. The summed E-state index contributed by atoms with van der Waals surface area (Å²) >= 11 is 3.25. The minimum Gasteiger partial charge on any atom is -0.360 e. The van der Waals surface area contributed by atoms with Crippen LogP contribution in [0.1, 0.15) is 18.4 Å². The zero-order valence-electron chi connectivity index (χ0n) is 15.6. The van der Waals surface area contributed by atoms with Crippen LogP contribution in [-0.2, 0) is 5.75 Å². The minimum absolute atomic E-state index is 0.738. The van der Waals surface area contributed by atoms with E-state index in [0.717, 1.165) is 56.5 Å². The topological polar surface area (TPSA) is 66.5 Å². The molecule has 0 unspecified atom stereocenters. The maximum Gasteiger partial charge on any atom is 0.205 e. The molecule has 28 heavy (non-hydrogen) atoms. The lowest BCUT2D eigenvalue weighted by atomic mass is 10.1. The van der Waals surface area contributed by atoms with E-state index >= 15 is 0 Å². The summed E-state index contributed by atoms with van der Waals surface area (Å²) in [5.41, 5.74) is 4.24. The van der Waals surface area contributed by atoms with Crippen LogP contribution in [0.2, 0.25) is 0 Å². The van der Waals surface area contributed by atoms with Gasteiger partial charge in [-0.15, -0.1) is 10.2 Å². The lowest BCUT2D eigenvalue weighted by Crippen LogP contribution is -1.98. The molecule has 7 heteroatoms. The van der Waals surface area contributed by atoms with Crippen LogP contribution in [0.25, 0.3) is 22.5 Å². The van der Waals surface area contributed by atoms with Crippen molar-refractivity contribution in [1.29, 1.82) is 0 Å². The maximum absolute atomic E-state index is 4.88. The number of aromatic nitrogens is 4. The summed E-state index contributed by atoms with van der Waals surface area (Å²) in [6.45, 7) is 3.05. The Kier molecular flexibility index (Phi) is 6.04. The van der Waals surface area contributed by atoms with Gasteiger partial charge in [0.1, 0.15) is 5.01 Å². The first-order valence-corrected chi connectivity index (χ1v) is 11.0. The molecule has 2 aromatic heterocycles. The third-order valence-corrected chi connectivity index (χ3v) is 6.07. The highest BCUT2D eigenvalue weighted by Gasteiger charge is 2.15. The van der Waals surface area contributed by atoms with Gasteiger partial charge in [0.05, 0.1) is 17.1 Å². The summed E-state index contributed by atoms with van der Waals surface area (Å²) in [5.74, 6) is 0.738. The van der Waals surface area contributed by atoms with Crippen molar-refractivity contribution < 1.29 is 0 Å². The molecular weight excluding hydrogens is 386 g/mol. The molecule has 0 aliphatic heterocycles. The highest BCUT2D eigenvalue weighted by molar-refractivity contribution is 7.98. The first-order valence-electron chi connectivity index (χ1n) is 9.23. The Labute approximate surface area is 172 Å². The lowest BCUT2D eigenvalue weighted by Gasteiger charge is -2.02. The molecule has 0 aliphatic carbocycles. The van der Waals surface area contributed by atoms with Crippen molar-refractivity contribution in [3.05, 3.63) is 65.7 Å². The Balaban J connectivity index is 1.56. The average Bonchev–Trinajstić information content (AvgIpc) is 3.39. The number of hydrogen-bond acceptors (Lipinski definition) is 6. The van der Waals surface area contributed by atoms with Crippen molar-refractivity contribution in [1.82, 2.24) is 20.2 Å². The Morgan fingerprint density at radius 2 is 1.68 bits per heavy atom. The number of nitrogens with zero attached hydrogens (tertiary/aromatic N) is 3. The maximum atomic E-state index is 4.88. The van der Waals surface area contributed by atoms with Crippen LogP contribution in [0.15, 0.2) is 65.8 Å². The Bertz CT molecular complexity index is 955. The highest BCUT2D eigenvalue weighted by atomic mass is 32.2. The molecule has 2 N–H and O–H groups in total. The number of hydrogen-bond donors (Lipinski definition) is 2. The molecule has 5 nitrogen and oxygen atoms in total. The second kappa shape index (κ2) is 9.03. The van der Waals surface area contributed by atoms with Crippen molar-refractivity contribution in [2.45, 2.75) is 24.3 Å². The molecule has 2 heterocycles. The summed E-state index contributed by atoms with van der Waals surface area (Å²) < 4.78 is 0. The summed E-state index contributed by atoms with van der Waals surface area (Å²) in [7, 11) is 0. The van der Waals surface area contributed by atoms with Crippen LogP contribution >= 0.6 is 23.1 Å². The molecule has 0 bridgehead atoms. The second-order valence-electron chi connectivity index (χ2n) is 6.21. The van der Waals surface area contributed by atoms with E-state index in [9.17, 15) is 0 Å². The third kappa shape index (κ3) is 4.43. The molecular formula is C21H21N5S2. The van der Waals surface area contributed by atoms with Crippen molar-refractivity contribution in [2.75, 3.05) is 11.9 Å². The molecule has 0 saturated heterocycles. The van der Waals surface area contributed by atoms with E-state index in [1.807, 2.05) is 36.4 Å². The normalized spacial score (nSPS) is 10.9. The molecule has 0 atom stereocenters. The van der Waals surface area contributed by atoms with Crippen LogP contribution < -0.4 is 5.32 Å². The van der Waals surface area contributed by atoms with E-state index in [1.54, 1.807) is 23.1 Å². The van der Waals surface area contributed by atoms with E-state index < -0.39 is 0 Å². The Hall–Kier alpha value is -2.64. The van der Waals surface area contributed by atoms with Crippen molar-refractivity contribution in [3.63, 3.8) is 0 Å². The zero-order valence-corrected chi connectivity index (χ0v) is 17.2. The van der Waals surface area contributed by atoms with Gasteiger partial charge >= 0.3 is 0 Å². The molecule has 0 amide bonds. The van der Waals surface area contributed by atoms with Gasteiger partial charge in [0.15, 0.2) is 5.16 Å². The van der Waals surface area contributed by atoms with Crippen LogP contribution in [-0.4, -0.2) is 26.7 Å². The van der Waals surface area contributed by atoms with Crippen LogP contribution in [0.4, 0.5) is 5.13 Å². The average molecular weight is 408 g/mol. The van der Waals surface area contributed by atoms with Crippen molar-refractivity contribution in [3.8, 4) is 22.5 Å². The van der Waals surface area contributed by atoms with E-state index in [-0.39, 0.29) is 0 Å². The van der Waals surface area contributed by atoms with E-state index in [2.05, 4.69) is 51.7 Å². The number of nitrogens with one attached hydrogen (secondary N) is 2. The van der Waals surface area contributed by atoms with Gasteiger partial charge in [0, 0.05) is 17.7 Å². The first-order chi connectivity index (χ1) is 13.8. The van der Waals surface area contributed by atoms with E-state index in [4.69, 9.17) is 4.98 Å². The fourth-order valence-corrected chi connectivity index (χ4v) is 4.41. The number of anilines is 1. The van der Waals surface area contributed by atoms with Gasteiger partial charge in [0.25, 0.3) is 0 Å². The standard InChI is InChI=1S/C21H21N5S2/c1-2-13-22-20-26-25-17(28-20)14-27-21-23-18(15-9-5-3-6-10-15)19(24-21)16-11-7-4-8-12-16/h3-12H,2,13-14H2,1H3,(H,22,26)(H,23,24). The Morgan fingerprint density at radius 1 is 0.964 bits per heavy atom. The molecule has 0 aliphatic rings. The monoisotopic (exact) mass is 407 g/mol. The third-order valence-electron chi connectivity index (χ3n) is 4.12.